The second-order valence-corrected chi connectivity index (χ2v) is 5.25. The number of nitrogens with two attached hydrogens (primary N) is 1. The van der Waals surface area contributed by atoms with Crippen LogP contribution in [0.3, 0.4) is 0 Å². The number of piperidine rings is 1. The molecule has 0 aromatic rings. The van der Waals surface area contributed by atoms with Crippen molar-refractivity contribution in [2.24, 2.45) is 11.7 Å². The molecule has 0 spiro atoms. The Morgan fingerprint density at radius 3 is 2.67 bits per heavy atom. The minimum Gasteiger partial charge on any atom is -0.480 e. The first kappa shape index (κ1) is 15.1. The lowest BCUT2D eigenvalue weighted by Gasteiger charge is -2.38. The lowest BCUT2D eigenvalue weighted by molar-refractivity contribution is -0.156. The number of carboxylic acids is 1. The highest BCUT2D eigenvalue weighted by molar-refractivity contribution is 5.92. The van der Waals surface area contributed by atoms with Crippen LogP contribution in [0.4, 0.5) is 4.79 Å². The molecule has 0 aliphatic carbocycles. The Morgan fingerprint density at radius 1 is 1.33 bits per heavy atom. The van der Waals surface area contributed by atoms with Gasteiger partial charge in [0, 0.05) is 19.6 Å². The Balaban J connectivity index is 2.10. The predicted octanol–water partition coefficient (Wildman–Crippen LogP) is -1.81. The van der Waals surface area contributed by atoms with Gasteiger partial charge < -0.3 is 26.0 Å². The van der Waals surface area contributed by atoms with Gasteiger partial charge in [-0.3, -0.25) is 9.59 Å². The quantitative estimate of drug-likeness (QED) is 0.552. The second-order valence-electron chi connectivity index (χ2n) is 5.25. The molecule has 2 aliphatic heterocycles. The number of carbonyl (C=O) groups is 4. The van der Waals surface area contributed by atoms with Crippen molar-refractivity contribution >= 4 is 23.8 Å². The minimum absolute atomic E-state index is 0.105. The van der Waals surface area contributed by atoms with Gasteiger partial charge in [0.25, 0.3) is 0 Å². The van der Waals surface area contributed by atoms with Crippen molar-refractivity contribution in [3.05, 3.63) is 0 Å². The molecule has 21 heavy (non-hydrogen) atoms. The normalized spacial score (nSPS) is 26.2. The van der Waals surface area contributed by atoms with Crippen molar-refractivity contribution in [1.29, 1.82) is 0 Å². The molecule has 2 fully saturated rings. The van der Waals surface area contributed by atoms with Gasteiger partial charge in [-0.15, -0.1) is 0 Å². The first-order valence-corrected chi connectivity index (χ1v) is 6.74. The number of carboxylic acid groups (broad SMARTS) is 1. The predicted molar refractivity (Wildman–Crippen MR) is 70.0 cm³/mol. The van der Waals surface area contributed by atoms with E-state index in [9.17, 15) is 19.2 Å². The van der Waals surface area contributed by atoms with Crippen LogP contribution in [0, 0.1) is 5.92 Å². The summed E-state index contributed by atoms with van der Waals surface area (Å²) in [5, 5.41) is 11.6. The number of nitrogens with zero attached hydrogens (tertiary/aromatic N) is 2. The van der Waals surface area contributed by atoms with E-state index in [2.05, 4.69) is 5.32 Å². The molecule has 2 unspecified atom stereocenters. The van der Waals surface area contributed by atoms with E-state index in [4.69, 9.17) is 10.8 Å². The zero-order chi connectivity index (χ0) is 15.6. The number of amides is 4. The highest BCUT2D eigenvalue weighted by Gasteiger charge is 2.39. The lowest BCUT2D eigenvalue weighted by Crippen LogP contribution is -2.61. The lowest BCUT2D eigenvalue weighted by atomic mass is 9.95. The summed E-state index contributed by atoms with van der Waals surface area (Å²) in [4.78, 5) is 48.7. The highest BCUT2D eigenvalue weighted by Crippen LogP contribution is 2.20. The maximum atomic E-state index is 12.5. The number of piperazine rings is 1. The Morgan fingerprint density at radius 2 is 2.05 bits per heavy atom. The van der Waals surface area contributed by atoms with Crippen molar-refractivity contribution in [2.45, 2.75) is 18.9 Å². The van der Waals surface area contributed by atoms with Crippen molar-refractivity contribution in [1.82, 2.24) is 15.1 Å². The molecule has 9 nitrogen and oxygen atoms in total. The summed E-state index contributed by atoms with van der Waals surface area (Å²) in [5.74, 6) is -2.48. The van der Waals surface area contributed by atoms with E-state index in [1.54, 1.807) is 0 Å². The Labute approximate surface area is 121 Å². The molecule has 2 saturated heterocycles. The third kappa shape index (κ3) is 3.23. The molecule has 9 heteroatoms. The second kappa shape index (κ2) is 5.98. The molecule has 116 valence electrons. The summed E-state index contributed by atoms with van der Waals surface area (Å²) in [6.45, 7) is 0.273. The monoisotopic (exact) mass is 298 g/mol. The minimum atomic E-state index is -1.16. The van der Waals surface area contributed by atoms with E-state index in [-0.39, 0.29) is 25.5 Å². The molecule has 4 amide bonds. The number of carbonyl (C=O) groups excluding carboxylic acids is 3. The Kier molecular flexibility index (Phi) is 4.29. The van der Waals surface area contributed by atoms with Crippen LogP contribution in [0.1, 0.15) is 12.8 Å². The van der Waals surface area contributed by atoms with Gasteiger partial charge >= 0.3 is 12.0 Å². The first-order valence-electron chi connectivity index (χ1n) is 6.74. The van der Waals surface area contributed by atoms with Crippen molar-refractivity contribution in [3.8, 4) is 0 Å². The van der Waals surface area contributed by atoms with Crippen LogP contribution in [0.2, 0.25) is 0 Å². The van der Waals surface area contributed by atoms with Crippen LogP contribution < -0.4 is 11.1 Å². The third-order valence-corrected chi connectivity index (χ3v) is 3.83. The molecule has 0 radical (unpaired) electrons. The summed E-state index contributed by atoms with van der Waals surface area (Å²) in [6, 6.07) is -1.67. The topological polar surface area (TPSA) is 133 Å². The van der Waals surface area contributed by atoms with Gasteiger partial charge in [0.2, 0.25) is 11.8 Å². The molecule has 0 saturated carbocycles. The average Bonchev–Trinajstić information content (AvgIpc) is 2.46. The number of hydrogen-bond acceptors (Lipinski definition) is 4. The molecule has 0 bridgehead atoms. The fraction of sp³-hybridized carbons (Fsp3) is 0.667. The molecule has 0 aromatic carbocycles. The maximum absolute atomic E-state index is 12.5. The average molecular weight is 298 g/mol. The zero-order valence-electron chi connectivity index (χ0n) is 11.4. The number of primary amides is 1. The summed E-state index contributed by atoms with van der Waals surface area (Å²) < 4.78 is 0. The zero-order valence-corrected chi connectivity index (χ0v) is 11.4. The molecular formula is C12H18N4O5. The largest absolute Gasteiger partial charge is 0.480 e. The van der Waals surface area contributed by atoms with Gasteiger partial charge in [0.05, 0.1) is 5.92 Å². The van der Waals surface area contributed by atoms with E-state index in [1.165, 1.54) is 4.90 Å². The SMILES string of the molecule is NC(=O)N1CCCC(C(=O)N2CC(=O)NCC2C(=O)O)C1. The smallest absolute Gasteiger partial charge is 0.328 e. The summed E-state index contributed by atoms with van der Waals surface area (Å²) in [5.41, 5.74) is 5.21. The number of aliphatic carboxylic acids is 1. The standard InChI is InChI=1S/C12H18N4O5/c13-12(21)15-3-1-2-7(5-15)10(18)16-6-9(17)14-4-8(16)11(19)20/h7-8H,1-6H2,(H2,13,21)(H,14,17)(H,19,20). The van der Waals surface area contributed by atoms with Gasteiger partial charge in [-0.05, 0) is 12.8 Å². The van der Waals surface area contributed by atoms with Crippen LogP contribution in [-0.2, 0) is 14.4 Å². The number of rotatable bonds is 2. The number of likely N-dealkylation sites (tertiary alicyclic amines) is 1. The Hall–Kier alpha value is -2.32. The van der Waals surface area contributed by atoms with Gasteiger partial charge in [-0.2, -0.15) is 0 Å². The van der Waals surface area contributed by atoms with E-state index >= 15 is 0 Å². The fourth-order valence-electron chi connectivity index (χ4n) is 2.71. The Bertz CT molecular complexity index is 480. The number of urea groups is 1. The number of hydrogen-bond donors (Lipinski definition) is 3. The molecule has 2 heterocycles. The molecule has 4 N–H and O–H groups in total. The maximum Gasteiger partial charge on any atom is 0.328 e. The van der Waals surface area contributed by atoms with Gasteiger partial charge in [0.15, 0.2) is 0 Å². The van der Waals surface area contributed by atoms with Crippen molar-refractivity contribution in [3.63, 3.8) is 0 Å². The van der Waals surface area contributed by atoms with Crippen LogP contribution in [0.5, 0.6) is 0 Å². The number of nitrogens with one attached hydrogen (secondary N) is 1. The summed E-state index contributed by atoms with van der Waals surface area (Å²) in [7, 11) is 0. The van der Waals surface area contributed by atoms with E-state index < -0.39 is 29.9 Å². The summed E-state index contributed by atoms with van der Waals surface area (Å²) in [6.07, 6.45) is 1.17. The van der Waals surface area contributed by atoms with E-state index in [0.717, 1.165) is 4.90 Å². The molecular weight excluding hydrogens is 280 g/mol. The third-order valence-electron chi connectivity index (χ3n) is 3.83. The van der Waals surface area contributed by atoms with Crippen molar-refractivity contribution < 1.29 is 24.3 Å². The van der Waals surface area contributed by atoms with Gasteiger partial charge in [0.1, 0.15) is 12.6 Å². The summed E-state index contributed by atoms with van der Waals surface area (Å²) >= 11 is 0. The van der Waals surface area contributed by atoms with Gasteiger partial charge in [-0.1, -0.05) is 0 Å². The van der Waals surface area contributed by atoms with E-state index in [0.29, 0.717) is 19.4 Å². The van der Waals surface area contributed by atoms with Crippen LogP contribution in [0.15, 0.2) is 0 Å². The van der Waals surface area contributed by atoms with Crippen LogP contribution >= 0.6 is 0 Å². The highest BCUT2D eigenvalue weighted by atomic mass is 16.4. The molecule has 0 aromatic heterocycles. The van der Waals surface area contributed by atoms with Crippen molar-refractivity contribution in [2.75, 3.05) is 26.2 Å². The van der Waals surface area contributed by atoms with Crippen LogP contribution in [-0.4, -0.2) is 70.9 Å². The molecule has 2 aliphatic rings. The van der Waals surface area contributed by atoms with E-state index in [1.807, 2.05) is 0 Å². The first-order chi connectivity index (χ1) is 9.90. The van der Waals surface area contributed by atoms with Gasteiger partial charge in [-0.25, -0.2) is 9.59 Å². The fourth-order valence-corrected chi connectivity index (χ4v) is 2.71. The molecule has 2 rings (SSSR count). The van der Waals surface area contributed by atoms with Crippen LogP contribution in [0.25, 0.3) is 0 Å². The molecule has 2 atom stereocenters.